The van der Waals surface area contributed by atoms with Crippen LogP contribution in [0.25, 0.3) is 10.9 Å². The van der Waals surface area contributed by atoms with Crippen LogP contribution in [0.1, 0.15) is 12.8 Å². The molecule has 1 aliphatic rings. The van der Waals surface area contributed by atoms with Gasteiger partial charge in [0.25, 0.3) is 0 Å². The monoisotopic (exact) mass is 427 g/mol. The normalized spacial score (nSPS) is 22.3. The van der Waals surface area contributed by atoms with Crippen molar-refractivity contribution in [2.75, 3.05) is 0 Å². The molecule has 1 aliphatic carbocycles. The number of hydrogen-bond donors (Lipinski definition) is 0. The minimum Gasteiger partial charge on any atom is -0.487 e. The highest BCUT2D eigenvalue weighted by molar-refractivity contribution is 14.1. The number of hydrogen-bond acceptors (Lipinski definition) is 2. The van der Waals surface area contributed by atoms with E-state index in [1.165, 1.54) is 0 Å². The zero-order chi connectivity index (χ0) is 13.6. The highest BCUT2D eigenvalue weighted by Crippen LogP contribution is 2.38. The van der Waals surface area contributed by atoms with Crippen molar-refractivity contribution < 1.29 is 4.74 Å². The summed E-state index contributed by atoms with van der Waals surface area (Å²) in [6.07, 6.45) is 1.88. The summed E-state index contributed by atoms with van der Waals surface area (Å²) in [4.78, 5) is 4.35. The lowest BCUT2D eigenvalue weighted by atomic mass is 9.95. The van der Waals surface area contributed by atoms with Gasteiger partial charge in [-0.25, -0.2) is 4.98 Å². The van der Waals surface area contributed by atoms with E-state index in [0.717, 1.165) is 27.5 Å². The molecule has 2 aromatic rings. The van der Waals surface area contributed by atoms with E-state index in [9.17, 15) is 0 Å². The van der Waals surface area contributed by atoms with Crippen LogP contribution in [0, 0.1) is 3.57 Å². The van der Waals surface area contributed by atoms with Crippen molar-refractivity contribution in [2.24, 2.45) is 0 Å². The number of rotatable bonds is 2. The summed E-state index contributed by atoms with van der Waals surface area (Å²) >= 11 is 20.4. The third kappa shape index (κ3) is 2.75. The van der Waals surface area contributed by atoms with E-state index >= 15 is 0 Å². The Hall–Kier alpha value is 0.0300. The van der Waals surface area contributed by atoms with Gasteiger partial charge in [-0.3, -0.25) is 0 Å². The molecule has 0 saturated heterocycles. The Morgan fingerprint density at radius 2 is 2.00 bits per heavy atom. The number of benzene rings is 1. The molecule has 0 N–H and O–H groups in total. The van der Waals surface area contributed by atoms with Gasteiger partial charge in [0.15, 0.2) is 5.75 Å². The molecule has 6 heteroatoms. The summed E-state index contributed by atoms with van der Waals surface area (Å²) in [7, 11) is 0. The summed E-state index contributed by atoms with van der Waals surface area (Å²) in [5.74, 6) is 0.746. The van der Waals surface area contributed by atoms with Crippen LogP contribution in [0.15, 0.2) is 18.2 Å². The van der Waals surface area contributed by atoms with E-state index in [2.05, 4.69) is 27.6 Å². The standard InChI is InChI=1S/C13H9Cl3INO/c14-6-3-7(4-6)19-13-10(17)5-9(15)8-1-2-11(16)18-12(8)13/h1-2,5-7H,3-4H2. The first kappa shape index (κ1) is 14.0. The fourth-order valence-corrected chi connectivity index (χ4v) is 3.73. The van der Waals surface area contributed by atoms with Gasteiger partial charge < -0.3 is 4.74 Å². The number of aromatic nitrogens is 1. The Labute approximate surface area is 139 Å². The number of fused-ring (bicyclic) bond motifs is 1. The number of halogens is 4. The lowest BCUT2D eigenvalue weighted by molar-refractivity contribution is 0.125. The maximum absolute atomic E-state index is 6.23. The summed E-state index contributed by atoms with van der Waals surface area (Å²) in [5.41, 5.74) is 0.711. The van der Waals surface area contributed by atoms with Crippen LogP contribution < -0.4 is 4.74 Å². The summed E-state index contributed by atoms with van der Waals surface area (Å²) in [5, 5.41) is 2.15. The molecule has 100 valence electrons. The van der Waals surface area contributed by atoms with Gasteiger partial charge in [-0.1, -0.05) is 23.2 Å². The van der Waals surface area contributed by atoms with Gasteiger partial charge in [0.1, 0.15) is 16.8 Å². The first-order chi connectivity index (χ1) is 9.04. The topological polar surface area (TPSA) is 22.1 Å². The molecule has 1 aromatic carbocycles. The van der Waals surface area contributed by atoms with Crippen molar-refractivity contribution in [3.8, 4) is 5.75 Å². The molecule has 0 amide bonds. The molecule has 0 radical (unpaired) electrons. The van der Waals surface area contributed by atoms with Crippen molar-refractivity contribution in [1.29, 1.82) is 0 Å². The number of alkyl halides is 1. The molecule has 0 aliphatic heterocycles. The molecule has 0 atom stereocenters. The van der Waals surface area contributed by atoms with Crippen molar-refractivity contribution in [3.63, 3.8) is 0 Å². The molecule has 2 nitrogen and oxygen atoms in total. The summed E-state index contributed by atoms with van der Waals surface area (Å²) in [6.45, 7) is 0. The molecule has 1 aromatic heterocycles. The van der Waals surface area contributed by atoms with Crippen LogP contribution in [0.3, 0.4) is 0 Å². The van der Waals surface area contributed by atoms with E-state index in [0.29, 0.717) is 15.7 Å². The SMILES string of the molecule is Clc1ccc2c(Cl)cc(I)c(OC3CC(Cl)C3)c2n1. The summed E-state index contributed by atoms with van der Waals surface area (Å²) in [6, 6.07) is 5.47. The number of nitrogens with zero attached hydrogens (tertiary/aromatic N) is 1. The van der Waals surface area contributed by atoms with Gasteiger partial charge in [0.2, 0.25) is 0 Å². The second kappa shape index (κ2) is 5.43. The first-order valence-electron chi connectivity index (χ1n) is 5.79. The second-order valence-electron chi connectivity index (χ2n) is 4.51. The van der Waals surface area contributed by atoms with Gasteiger partial charge >= 0.3 is 0 Å². The highest BCUT2D eigenvalue weighted by Gasteiger charge is 2.30. The number of pyridine rings is 1. The largest absolute Gasteiger partial charge is 0.487 e. The molecule has 0 spiro atoms. The average molecular weight is 428 g/mol. The van der Waals surface area contributed by atoms with E-state index < -0.39 is 0 Å². The molecule has 19 heavy (non-hydrogen) atoms. The maximum Gasteiger partial charge on any atom is 0.159 e. The molecule has 1 saturated carbocycles. The third-order valence-electron chi connectivity index (χ3n) is 3.13. The van der Waals surface area contributed by atoms with Crippen LogP contribution in [0.2, 0.25) is 10.2 Å². The van der Waals surface area contributed by atoms with E-state index in [1.807, 2.05) is 12.1 Å². The molecule has 3 rings (SSSR count). The average Bonchev–Trinajstić information content (AvgIpc) is 2.31. The Morgan fingerprint density at radius 3 is 2.68 bits per heavy atom. The predicted octanol–water partition coefficient (Wildman–Crippen LogP) is 5.29. The van der Waals surface area contributed by atoms with Gasteiger partial charge in [0.05, 0.1) is 8.59 Å². The highest BCUT2D eigenvalue weighted by atomic mass is 127. The van der Waals surface area contributed by atoms with Crippen LogP contribution in [0.5, 0.6) is 5.75 Å². The molecule has 0 bridgehead atoms. The van der Waals surface area contributed by atoms with Crippen molar-refractivity contribution >= 4 is 68.3 Å². The third-order valence-corrected chi connectivity index (χ3v) is 4.81. The summed E-state index contributed by atoms with van der Waals surface area (Å²) < 4.78 is 6.94. The van der Waals surface area contributed by atoms with Gasteiger partial charge in [-0.2, -0.15) is 0 Å². The molecular weight excluding hydrogens is 419 g/mol. The molecule has 0 unspecified atom stereocenters. The fraction of sp³-hybridized carbons (Fsp3) is 0.308. The predicted molar refractivity (Wildman–Crippen MR) is 87.8 cm³/mol. The number of ether oxygens (including phenoxy) is 1. The first-order valence-corrected chi connectivity index (χ1v) is 8.06. The second-order valence-corrected chi connectivity index (χ2v) is 7.08. The Bertz CT molecular complexity index is 643. The maximum atomic E-state index is 6.23. The van der Waals surface area contributed by atoms with Gasteiger partial charge in [-0.15, -0.1) is 11.6 Å². The van der Waals surface area contributed by atoms with Crippen molar-refractivity contribution in [2.45, 2.75) is 24.3 Å². The lowest BCUT2D eigenvalue weighted by Crippen LogP contribution is -2.34. The quantitative estimate of drug-likeness (QED) is 0.368. The fourth-order valence-electron chi connectivity index (χ4n) is 2.05. The van der Waals surface area contributed by atoms with E-state index in [1.54, 1.807) is 6.07 Å². The lowest BCUT2D eigenvalue weighted by Gasteiger charge is -2.31. The minimum atomic E-state index is 0.154. The smallest absolute Gasteiger partial charge is 0.159 e. The van der Waals surface area contributed by atoms with Crippen LogP contribution in [-0.4, -0.2) is 16.5 Å². The van der Waals surface area contributed by atoms with Gasteiger partial charge in [0, 0.05) is 23.6 Å². The Kier molecular flexibility index (Phi) is 4.00. The molecular formula is C13H9Cl3INO. The Morgan fingerprint density at radius 1 is 1.26 bits per heavy atom. The van der Waals surface area contributed by atoms with E-state index in [4.69, 9.17) is 39.5 Å². The van der Waals surface area contributed by atoms with Crippen molar-refractivity contribution in [1.82, 2.24) is 4.98 Å². The van der Waals surface area contributed by atoms with Crippen LogP contribution in [-0.2, 0) is 0 Å². The van der Waals surface area contributed by atoms with Crippen molar-refractivity contribution in [3.05, 3.63) is 31.9 Å². The molecule has 1 heterocycles. The zero-order valence-corrected chi connectivity index (χ0v) is 14.1. The molecule has 1 fully saturated rings. The van der Waals surface area contributed by atoms with Gasteiger partial charge in [-0.05, 0) is 40.8 Å². The van der Waals surface area contributed by atoms with E-state index in [-0.39, 0.29) is 11.5 Å². The zero-order valence-electron chi connectivity index (χ0n) is 9.67. The van der Waals surface area contributed by atoms with Crippen LogP contribution in [0.4, 0.5) is 0 Å². The minimum absolute atomic E-state index is 0.154. The Balaban J connectivity index is 2.08. The van der Waals surface area contributed by atoms with Crippen LogP contribution >= 0.6 is 57.4 Å².